The summed E-state index contributed by atoms with van der Waals surface area (Å²) in [6.07, 6.45) is 4.05. The van der Waals surface area contributed by atoms with Gasteiger partial charge in [0, 0.05) is 30.6 Å². The van der Waals surface area contributed by atoms with Gasteiger partial charge in [-0.25, -0.2) is 0 Å². The summed E-state index contributed by atoms with van der Waals surface area (Å²) < 4.78 is 0. The molecular weight excluding hydrogens is 212 g/mol. The van der Waals surface area contributed by atoms with E-state index in [1.807, 2.05) is 0 Å². The van der Waals surface area contributed by atoms with Crippen molar-refractivity contribution in [2.24, 2.45) is 0 Å². The maximum Gasteiger partial charge on any atom is 0.224 e. The molecule has 1 N–H and O–H groups in total. The van der Waals surface area contributed by atoms with E-state index in [-0.39, 0.29) is 5.54 Å². The minimum atomic E-state index is 0.0983. The van der Waals surface area contributed by atoms with Gasteiger partial charge in [-0.05, 0) is 47.0 Å². The van der Waals surface area contributed by atoms with Gasteiger partial charge in [0.15, 0.2) is 0 Å². The number of amides is 1. The smallest absolute Gasteiger partial charge is 0.224 e. The van der Waals surface area contributed by atoms with E-state index in [1.54, 1.807) is 0 Å². The van der Waals surface area contributed by atoms with Gasteiger partial charge in [0.25, 0.3) is 0 Å². The summed E-state index contributed by atoms with van der Waals surface area (Å²) in [5.74, 6) is 0.318. The van der Waals surface area contributed by atoms with Gasteiger partial charge in [-0.15, -0.1) is 0 Å². The maximum absolute atomic E-state index is 12.2. The van der Waals surface area contributed by atoms with Crippen molar-refractivity contribution in [3.63, 3.8) is 0 Å². The average molecular weight is 240 g/mol. The lowest BCUT2D eigenvalue weighted by Gasteiger charge is -2.29. The highest BCUT2D eigenvalue weighted by Crippen LogP contribution is 2.26. The first-order chi connectivity index (χ1) is 7.85. The molecule has 1 aliphatic heterocycles. The van der Waals surface area contributed by atoms with Gasteiger partial charge >= 0.3 is 0 Å². The number of rotatable bonds is 4. The topological polar surface area (TPSA) is 32.3 Å². The van der Waals surface area contributed by atoms with Crippen LogP contribution in [0.2, 0.25) is 0 Å². The van der Waals surface area contributed by atoms with E-state index in [4.69, 9.17) is 0 Å². The number of carbonyl (C=O) groups is 1. The standard InChI is InChI=1S/C14H28N2O/c1-6-12-8-7-11(2)16(12)13(17)9-10-15-14(3,4)5/h11-12,15H,6-10H2,1-5H3. The van der Waals surface area contributed by atoms with Gasteiger partial charge in [-0.1, -0.05) is 6.92 Å². The van der Waals surface area contributed by atoms with Gasteiger partial charge in [-0.2, -0.15) is 0 Å². The summed E-state index contributed by atoms with van der Waals surface area (Å²) in [7, 11) is 0. The molecule has 3 nitrogen and oxygen atoms in total. The molecule has 1 saturated heterocycles. The number of hydrogen-bond donors (Lipinski definition) is 1. The Morgan fingerprint density at radius 3 is 2.53 bits per heavy atom. The minimum Gasteiger partial charge on any atom is -0.337 e. The lowest BCUT2D eigenvalue weighted by Crippen LogP contribution is -2.43. The highest BCUT2D eigenvalue weighted by atomic mass is 16.2. The molecule has 2 atom stereocenters. The van der Waals surface area contributed by atoms with Crippen LogP contribution in [0.15, 0.2) is 0 Å². The molecule has 3 heteroatoms. The molecule has 100 valence electrons. The van der Waals surface area contributed by atoms with Crippen molar-refractivity contribution < 1.29 is 4.79 Å². The number of nitrogens with one attached hydrogen (secondary N) is 1. The van der Waals surface area contributed by atoms with Crippen LogP contribution in [0.4, 0.5) is 0 Å². The molecule has 1 rings (SSSR count). The lowest BCUT2D eigenvalue weighted by atomic mass is 10.1. The summed E-state index contributed by atoms with van der Waals surface area (Å²) in [5, 5.41) is 3.38. The van der Waals surface area contributed by atoms with Crippen molar-refractivity contribution in [1.82, 2.24) is 10.2 Å². The molecule has 2 unspecified atom stereocenters. The zero-order valence-electron chi connectivity index (χ0n) is 12.0. The molecule has 0 radical (unpaired) electrons. The van der Waals surface area contributed by atoms with Crippen LogP contribution in [0.5, 0.6) is 0 Å². The van der Waals surface area contributed by atoms with Crippen LogP contribution in [0, 0.1) is 0 Å². The molecule has 17 heavy (non-hydrogen) atoms. The van der Waals surface area contributed by atoms with Gasteiger partial charge in [0.2, 0.25) is 5.91 Å². The van der Waals surface area contributed by atoms with Crippen LogP contribution >= 0.6 is 0 Å². The van der Waals surface area contributed by atoms with E-state index in [0.717, 1.165) is 19.4 Å². The number of nitrogens with zero attached hydrogens (tertiary/aromatic N) is 1. The van der Waals surface area contributed by atoms with Gasteiger partial charge < -0.3 is 10.2 Å². The number of carbonyl (C=O) groups excluding carboxylic acids is 1. The number of hydrogen-bond acceptors (Lipinski definition) is 2. The van der Waals surface area contributed by atoms with Crippen molar-refractivity contribution in [3.05, 3.63) is 0 Å². The molecule has 0 aliphatic carbocycles. The SMILES string of the molecule is CCC1CCC(C)N1C(=O)CCNC(C)(C)C. The van der Waals surface area contributed by atoms with Crippen LogP contribution in [0.25, 0.3) is 0 Å². The summed E-state index contributed by atoms with van der Waals surface area (Å²) in [5.41, 5.74) is 0.0983. The van der Waals surface area contributed by atoms with Crippen LogP contribution in [-0.4, -0.2) is 35.0 Å². The Morgan fingerprint density at radius 1 is 1.35 bits per heavy atom. The first-order valence-electron chi connectivity index (χ1n) is 6.91. The second-order valence-corrected chi connectivity index (χ2v) is 6.22. The Hall–Kier alpha value is -0.570. The Kier molecular flexibility index (Phi) is 4.99. The molecule has 0 spiro atoms. The third-order valence-electron chi connectivity index (χ3n) is 3.54. The molecule has 0 bridgehead atoms. The zero-order valence-corrected chi connectivity index (χ0v) is 12.0. The second kappa shape index (κ2) is 5.85. The first kappa shape index (κ1) is 14.5. The molecular formula is C14H28N2O. The fourth-order valence-corrected chi connectivity index (χ4v) is 2.60. The van der Waals surface area contributed by atoms with E-state index >= 15 is 0 Å². The van der Waals surface area contributed by atoms with E-state index < -0.39 is 0 Å². The van der Waals surface area contributed by atoms with Crippen molar-refractivity contribution >= 4 is 5.91 Å². The van der Waals surface area contributed by atoms with E-state index in [2.05, 4.69) is 44.8 Å². The highest BCUT2D eigenvalue weighted by Gasteiger charge is 2.32. The maximum atomic E-state index is 12.2. The first-order valence-corrected chi connectivity index (χ1v) is 6.91. The average Bonchev–Trinajstić information content (AvgIpc) is 2.57. The predicted molar refractivity (Wildman–Crippen MR) is 72.0 cm³/mol. The summed E-state index contributed by atoms with van der Waals surface area (Å²) >= 11 is 0. The molecule has 0 saturated carbocycles. The summed E-state index contributed by atoms with van der Waals surface area (Å²) in [6.45, 7) is 11.5. The zero-order chi connectivity index (χ0) is 13.1. The van der Waals surface area contributed by atoms with E-state index in [0.29, 0.717) is 24.4 Å². The molecule has 1 amide bonds. The highest BCUT2D eigenvalue weighted by molar-refractivity contribution is 5.77. The summed E-state index contributed by atoms with van der Waals surface area (Å²) in [6, 6.07) is 0.911. The monoisotopic (exact) mass is 240 g/mol. The Bertz CT molecular complexity index is 257. The van der Waals surface area contributed by atoms with Crippen molar-refractivity contribution in [2.45, 2.75) is 77.9 Å². The minimum absolute atomic E-state index is 0.0983. The fourth-order valence-electron chi connectivity index (χ4n) is 2.60. The lowest BCUT2D eigenvalue weighted by molar-refractivity contribution is -0.133. The third-order valence-corrected chi connectivity index (χ3v) is 3.54. The summed E-state index contributed by atoms with van der Waals surface area (Å²) in [4.78, 5) is 14.3. The molecule has 1 fully saturated rings. The third kappa shape index (κ3) is 4.30. The van der Waals surface area contributed by atoms with E-state index in [9.17, 15) is 4.79 Å². The Balaban J connectivity index is 2.41. The quantitative estimate of drug-likeness (QED) is 0.819. The predicted octanol–water partition coefficient (Wildman–Crippen LogP) is 2.55. The van der Waals surface area contributed by atoms with E-state index in [1.165, 1.54) is 6.42 Å². The van der Waals surface area contributed by atoms with Gasteiger partial charge in [-0.3, -0.25) is 4.79 Å². The van der Waals surface area contributed by atoms with Crippen LogP contribution in [-0.2, 0) is 4.79 Å². The fraction of sp³-hybridized carbons (Fsp3) is 0.929. The Morgan fingerprint density at radius 2 is 2.00 bits per heavy atom. The molecule has 0 aromatic heterocycles. The van der Waals surface area contributed by atoms with Crippen molar-refractivity contribution in [1.29, 1.82) is 0 Å². The second-order valence-electron chi connectivity index (χ2n) is 6.22. The van der Waals surface area contributed by atoms with Gasteiger partial charge in [0.1, 0.15) is 0 Å². The normalized spacial score (nSPS) is 25.4. The number of likely N-dealkylation sites (tertiary alicyclic amines) is 1. The molecule has 1 aliphatic rings. The molecule has 0 aromatic carbocycles. The van der Waals surface area contributed by atoms with Crippen LogP contribution < -0.4 is 5.32 Å². The van der Waals surface area contributed by atoms with Crippen LogP contribution in [0.3, 0.4) is 0 Å². The van der Waals surface area contributed by atoms with Crippen molar-refractivity contribution in [2.75, 3.05) is 6.54 Å². The van der Waals surface area contributed by atoms with Crippen molar-refractivity contribution in [3.8, 4) is 0 Å². The van der Waals surface area contributed by atoms with Gasteiger partial charge in [0.05, 0.1) is 0 Å². The molecule has 1 heterocycles. The molecule has 0 aromatic rings. The Labute approximate surface area is 106 Å². The van der Waals surface area contributed by atoms with Crippen LogP contribution in [0.1, 0.15) is 60.3 Å². The largest absolute Gasteiger partial charge is 0.337 e.